The maximum atomic E-state index is 13.7. The molecule has 8 nitrogen and oxygen atoms in total. The molecule has 0 saturated heterocycles. The van der Waals surface area contributed by atoms with Gasteiger partial charge >= 0.3 is 0 Å². The Labute approximate surface area is 162 Å². The number of hydrogen-bond donors (Lipinski definition) is 4. The number of nitrogens with zero attached hydrogens (tertiary/aromatic N) is 3. The average Bonchev–Trinajstić information content (AvgIpc) is 2.62. The van der Waals surface area contributed by atoms with Crippen LogP contribution in [0.3, 0.4) is 0 Å². The van der Waals surface area contributed by atoms with Crippen molar-refractivity contribution in [3.05, 3.63) is 58.3 Å². The predicted octanol–water partition coefficient (Wildman–Crippen LogP) is 1.93. The van der Waals surface area contributed by atoms with Gasteiger partial charge in [-0.2, -0.15) is 4.98 Å². The van der Waals surface area contributed by atoms with Crippen molar-refractivity contribution in [2.45, 2.75) is 6.54 Å². The Kier molecular flexibility index (Phi) is 7.15. The van der Waals surface area contributed by atoms with Crippen LogP contribution in [0.5, 0.6) is 0 Å². The average molecular weight is 414 g/mol. The summed E-state index contributed by atoms with van der Waals surface area (Å²) >= 11 is 5.98. The number of allylic oxidation sites excluding steroid dienone is 1. The lowest BCUT2D eigenvalue weighted by molar-refractivity contribution is -0.116. The summed E-state index contributed by atoms with van der Waals surface area (Å²) in [6.07, 6.45) is 3.64. The molecule has 2 rings (SSSR count). The van der Waals surface area contributed by atoms with Crippen LogP contribution in [0.2, 0.25) is 5.02 Å². The molecule has 0 aliphatic heterocycles. The normalized spacial score (nSPS) is 11.6. The molecule has 0 aliphatic carbocycles. The highest BCUT2D eigenvalue weighted by molar-refractivity contribution is 6.32. The number of rotatable bonds is 8. The fourth-order valence-electron chi connectivity index (χ4n) is 1.94. The van der Waals surface area contributed by atoms with Crippen LogP contribution in [0, 0.1) is 17.5 Å². The van der Waals surface area contributed by atoms with Gasteiger partial charge in [0.1, 0.15) is 29.0 Å². The van der Waals surface area contributed by atoms with Crippen molar-refractivity contribution in [2.24, 2.45) is 16.5 Å². The van der Waals surface area contributed by atoms with Crippen LogP contribution in [0.4, 0.5) is 24.9 Å². The van der Waals surface area contributed by atoms with Gasteiger partial charge in [-0.3, -0.25) is 9.79 Å². The van der Waals surface area contributed by atoms with Gasteiger partial charge in [0.05, 0.1) is 11.9 Å². The second kappa shape index (κ2) is 9.55. The minimum atomic E-state index is -1.05. The summed E-state index contributed by atoms with van der Waals surface area (Å²) in [6, 6.07) is 1.14. The molecule has 12 heteroatoms. The van der Waals surface area contributed by atoms with Crippen LogP contribution in [-0.4, -0.2) is 28.6 Å². The van der Waals surface area contributed by atoms with E-state index in [0.717, 1.165) is 6.20 Å². The molecule has 1 heterocycles. The molecule has 0 bridgehead atoms. The van der Waals surface area contributed by atoms with Crippen molar-refractivity contribution < 1.29 is 18.0 Å². The summed E-state index contributed by atoms with van der Waals surface area (Å²) in [5.41, 5.74) is 10.3. The van der Waals surface area contributed by atoms with Gasteiger partial charge < -0.3 is 22.1 Å². The summed E-state index contributed by atoms with van der Waals surface area (Å²) in [5, 5.41) is 5.44. The van der Waals surface area contributed by atoms with E-state index in [1.54, 1.807) is 0 Å². The molecule has 0 radical (unpaired) electrons. The van der Waals surface area contributed by atoms with Crippen molar-refractivity contribution in [3.63, 3.8) is 0 Å². The van der Waals surface area contributed by atoms with Gasteiger partial charge in [-0.05, 0) is 0 Å². The van der Waals surface area contributed by atoms with Gasteiger partial charge in [-0.1, -0.05) is 11.6 Å². The molecule has 28 heavy (non-hydrogen) atoms. The summed E-state index contributed by atoms with van der Waals surface area (Å²) in [7, 11) is 0. The molecule has 148 valence electrons. The molecular formula is C16H15ClF3N7O. The third-order valence-electron chi connectivity index (χ3n) is 3.20. The Morgan fingerprint density at radius 2 is 1.96 bits per heavy atom. The Balaban J connectivity index is 2.13. The topological polar surface area (TPSA) is 131 Å². The number of aliphatic imine (C=N–C) groups is 1. The zero-order valence-corrected chi connectivity index (χ0v) is 15.0. The number of nitrogens with two attached hydrogens (primary N) is 2. The zero-order chi connectivity index (χ0) is 20.7. The first-order valence-electron chi connectivity index (χ1n) is 7.67. The highest BCUT2D eigenvalue weighted by atomic mass is 35.5. The minimum Gasteiger partial charge on any atom is -0.403 e. The van der Waals surface area contributed by atoms with E-state index in [4.69, 9.17) is 23.1 Å². The molecule has 0 spiro atoms. The lowest BCUT2D eigenvalue weighted by Gasteiger charge is -2.11. The van der Waals surface area contributed by atoms with E-state index in [9.17, 15) is 18.0 Å². The Morgan fingerprint density at radius 1 is 1.29 bits per heavy atom. The molecule has 6 N–H and O–H groups in total. The van der Waals surface area contributed by atoms with Gasteiger partial charge in [0.25, 0.3) is 0 Å². The van der Waals surface area contributed by atoms with Crippen LogP contribution < -0.4 is 22.1 Å². The highest BCUT2D eigenvalue weighted by Crippen LogP contribution is 2.22. The highest BCUT2D eigenvalue weighted by Gasteiger charge is 2.13. The fraction of sp³-hybridized carbons (Fsp3) is 0.125. The summed E-state index contributed by atoms with van der Waals surface area (Å²) in [6.45, 7) is -0.574. The fourth-order valence-corrected chi connectivity index (χ4v) is 2.10. The van der Waals surface area contributed by atoms with Crippen molar-refractivity contribution in [1.82, 2.24) is 9.97 Å². The van der Waals surface area contributed by atoms with Gasteiger partial charge in [0, 0.05) is 36.7 Å². The third-order valence-corrected chi connectivity index (χ3v) is 3.47. The Bertz CT molecular complexity index is 913. The largest absolute Gasteiger partial charge is 0.403 e. The molecule has 0 atom stereocenters. The van der Waals surface area contributed by atoms with Crippen LogP contribution in [0.15, 0.2) is 35.2 Å². The lowest BCUT2D eigenvalue weighted by atomic mass is 10.2. The van der Waals surface area contributed by atoms with E-state index in [2.05, 4.69) is 25.6 Å². The number of nitrogens with one attached hydrogen (secondary N) is 2. The second-order valence-electron chi connectivity index (χ2n) is 5.27. The smallest absolute Gasteiger partial charge is 0.239 e. The zero-order valence-electron chi connectivity index (χ0n) is 14.2. The number of halogens is 4. The maximum Gasteiger partial charge on any atom is 0.239 e. The Morgan fingerprint density at radius 3 is 2.57 bits per heavy atom. The monoisotopic (exact) mass is 413 g/mol. The van der Waals surface area contributed by atoms with E-state index < -0.39 is 23.4 Å². The van der Waals surface area contributed by atoms with Crippen molar-refractivity contribution in [1.29, 1.82) is 0 Å². The maximum absolute atomic E-state index is 13.7. The van der Waals surface area contributed by atoms with Gasteiger partial charge in [0.15, 0.2) is 5.82 Å². The number of carbonyl (C=O) groups excluding carboxylic acids is 1. The predicted molar refractivity (Wildman–Crippen MR) is 99.1 cm³/mol. The molecular weight excluding hydrogens is 399 g/mol. The number of anilines is 2. The first kappa shape index (κ1) is 21.0. The molecule has 2 aromatic rings. The van der Waals surface area contributed by atoms with Crippen molar-refractivity contribution >= 4 is 35.5 Å². The van der Waals surface area contributed by atoms with Crippen LogP contribution >= 0.6 is 11.6 Å². The van der Waals surface area contributed by atoms with Crippen molar-refractivity contribution in [2.75, 3.05) is 17.2 Å². The number of primary amides is 1. The molecule has 0 aliphatic rings. The SMILES string of the molecule is N/C=C(\C=NCC(N)=O)Nc1ncc(Cl)c(NCc2c(F)cc(F)cc2F)n1. The van der Waals surface area contributed by atoms with Crippen LogP contribution in [0.25, 0.3) is 0 Å². The number of carbonyl (C=O) groups is 1. The van der Waals surface area contributed by atoms with E-state index in [-0.39, 0.29) is 41.1 Å². The van der Waals surface area contributed by atoms with Crippen LogP contribution in [0.1, 0.15) is 5.56 Å². The first-order chi connectivity index (χ1) is 13.3. The van der Waals surface area contributed by atoms with Crippen molar-refractivity contribution in [3.8, 4) is 0 Å². The number of benzene rings is 1. The molecule has 1 amide bonds. The molecule has 0 unspecified atom stereocenters. The van der Waals surface area contributed by atoms with E-state index in [0.29, 0.717) is 12.1 Å². The molecule has 0 fully saturated rings. The third kappa shape index (κ3) is 5.84. The van der Waals surface area contributed by atoms with Gasteiger partial charge in [-0.15, -0.1) is 0 Å². The summed E-state index contributed by atoms with van der Waals surface area (Å²) in [4.78, 5) is 22.4. The van der Waals surface area contributed by atoms with Gasteiger partial charge in [0.2, 0.25) is 11.9 Å². The van der Waals surface area contributed by atoms with E-state index in [1.807, 2.05) is 0 Å². The number of aromatic nitrogens is 2. The standard InChI is InChI=1S/C16H15ClF3N7O/c17-11-6-25-16(26-9(3-21)4-23-7-14(22)28)27-15(11)24-5-10-12(19)1-8(18)2-13(10)20/h1-4,6H,5,7,21H2,(H2,22,28)(H2,24,25,26,27)/b9-3+,23-4?. The van der Waals surface area contributed by atoms with Crippen LogP contribution in [-0.2, 0) is 11.3 Å². The molecule has 0 saturated carbocycles. The molecule has 1 aromatic carbocycles. The van der Waals surface area contributed by atoms with E-state index in [1.165, 1.54) is 12.4 Å². The Hall–Kier alpha value is -3.34. The minimum absolute atomic E-state index is 0.0363. The quantitative estimate of drug-likeness (QED) is 0.489. The lowest BCUT2D eigenvalue weighted by Crippen LogP contribution is -2.15. The summed E-state index contributed by atoms with van der Waals surface area (Å²) < 4.78 is 40.4. The molecule has 1 aromatic heterocycles. The van der Waals surface area contributed by atoms with E-state index >= 15 is 0 Å². The summed E-state index contributed by atoms with van der Waals surface area (Å²) in [5.74, 6) is -3.64. The van der Waals surface area contributed by atoms with Gasteiger partial charge in [-0.25, -0.2) is 18.2 Å². The first-order valence-corrected chi connectivity index (χ1v) is 8.04. The second-order valence-corrected chi connectivity index (χ2v) is 5.68. The number of hydrogen-bond acceptors (Lipinski definition) is 7. The number of amides is 1.